The van der Waals surface area contributed by atoms with Gasteiger partial charge in [0.05, 0.1) is 13.2 Å². The van der Waals surface area contributed by atoms with Gasteiger partial charge in [-0.05, 0) is 19.1 Å². The minimum atomic E-state index is -0.305. The molecular formula is C13H18N2O3. The van der Waals surface area contributed by atoms with Gasteiger partial charge < -0.3 is 20.1 Å². The maximum absolute atomic E-state index is 12.3. The number of rotatable bonds is 3. The van der Waals surface area contributed by atoms with Crippen molar-refractivity contribution in [1.82, 2.24) is 5.32 Å². The number of likely N-dealkylation sites (N-methyl/N-ethyl adjacent to an activating group) is 1. The molecule has 18 heavy (non-hydrogen) atoms. The summed E-state index contributed by atoms with van der Waals surface area (Å²) in [6, 6.07) is 6.41. The summed E-state index contributed by atoms with van der Waals surface area (Å²) in [5.74, 6) is 0.134. The molecule has 0 radical (unpaired) electrons. The Kier molecular flexibility index (Phi) is 4.17. The summed E-state index contributed by atoms with van der Waals surface area (Å²) < 4.78 is 5.30. The molecule has 2 rings (SSSR count). The summed E-state index contributed by atoms with van der Waals surface area (Å²) in [6.45, 7) is 4.19. The number of nitrogens with one attached hydrogen (secondary N) is 1. The van der Waals surface area contributed by atoms with Crippen molar-refractivity contribution in [2.45, 2.75) is 13.0 Å². The molecule has 98 valence electrons. The van der Waals surface area contributed by atoms with Crippen molar-refractivity contribution in [1.29, 1.82) is 0 Å². The molecule has 0 spiro atoms. The van der Waals surface area contributed by atoms with E-state index in [0.717, 1.165) is 0 Å². The zero-order valence-electron chi connectivity index (χ0n) is 10.4. The van der Waals surface area contributed by atoms with Crippen LogP contribution in [0.4, 0.5) is 5.69 Å². The molecule has 1 fully saturated rings. The van der Waals surface area contributed by atoms with E-state index in [-0.39, 0.29) is 17.7 Å². The van der Waals surface area contributed by atoms with Crippen molar-refractivity contribution in [3.05, 3.63) is 24.3 Å². The molecule has 1 atom stereocenters. The monoisotopic (exact) mass is 250 g/mol. The zero-order valence-corrected chi connectivity index (χ0v) is 10.4. The van der Waals surface area contributed by atoms with E-state index in [1.807, 2.05) is 13.0 Å². The third-order valence-electron chi connectivity index (χ3n) is 2.94. The average molecular weight is 250 g/mol. The highest BCUT2D eigenvalue weighted by Crippen LogP contribution is 2.20. The number of phenols is 1. The molecule has 1 aromatic rings. The lowest BCUT2D eigenvalue weighted by atomic mass is 10.2. The van der Waals surface area contributed by atoms with Gasteiger partial charge in [0, 0.05) is 24.8 Å². The fourth-order valence-corrected chi connectivity index (χ4v) is 2.04. The maximum atomic E-state index is 12.3. The normalized spacial score (nSPS) is 19.5. The van der Waals surface area contributed by atoms with E-state index in [1.165, 1.54) is 0 Å². The molecule has 0 bridgehead atoms. The molecule has 1 aliphatic rings. The highest BCUT2D eigenvalue weighted by atomic mass is 16.5. The molecule has 1 amide bonds. The van der Waals surface area contributed by atoms with E-state index in [4.69, 9.17) is 4.74 Å². The Balaban J connectivity index is 2.14. The fraction of sp³-hybridized carbons (Fsp3) is 0.462. The van der Waals surface area contributed by atoms with Crippen LogP contribution in [0.2, 0.25) is 0 Å². The number of nitrogens with zero attached hydrogens (tertiary/aromatic N) is 1. The Morgan fingerprint density at radius 2 is 2.44 bits per heavy atom. The van der Waals surface area contributed by atoms with Gasteiger partial charge in [0.25, 0.3) is 0 Å². The number of carbonyl (C=O) groups is 1. The van der Waals surface area contributed by atoms with Gasteiger partial charge in [0.1, 0.15) is 11.8 Å². The first-order valence-corrected chi connectivity index (χ1v) is 6.14. The summed E-state index contributed by atoms with van der Waals surface area (Å²) in [7, 11) is 0. The SMILES string of the molecule is CCN(C(=O)C1COCCN1)c1cccc(O)c1. The third kappa shape index (κ3) is 2.80. The van der Waals surface area contributed by atoms with Crippen molar-refractivity contribution < 1.29 is 14.6 Å². The van der Waals surface area contributed by atoms with E-state index in [9.17, 15) is 9.90 Å². The average Bonchev–Trinajstić information content (AvgIpc) is 2.40. The van der Waals surface area contributed by atoms with Gasteiger partial charge in [-0.3, -0.25) is 4.79 Å². The molecule has 0 aromatic heterocycles. The van der Waals surface area contributed by atoms with Crippen molar-refractivity contribution in [2.75, 3.05) is 31.2 Å². The van der Waals surface area contributed by atoms with E-state index in [1.54, 1.807) is 23.1 Å². The van der Waals surface area contributed by atoms with Crippen LogP contribution in [-0.2, 0) is 9.53 Å². The van der Waals surface area contributed by atoms with Crippen LogP contribution in [0.15, 0.2) is 24.3 Å². The van der Waals surface area contributed by atoms with Crippen LogP contribution < -0.4 is 10.2 Å². The molecule has 0 aliphatic carbocycles. The Bertz CT molecular complexity index is 416. The second-order valence-electron chi connectivity index (χ2n) is 4.18. The first kappa shape index (κ1) is 12.9. The standard InChI is InChI=1S/C13H18N2O3/c1-2-15(10-4-3-5-11(16)8-10)13(17)12-9-18-7-6-14-12/h3-5,8,12,14,16H,2,6-7,9H2,1H3. The molecule has 1 heterocycles. The second-order valence-corrected chi connectivity index (χ2v) is 4.18. The zero-order chi connectivity index (χ0) is 13.0. The highest BCUT2D eigenvalue weighted by Gasteiger charge is 2.26. The Hall–Kier alpha value is -1.59. The molecule has 1 aromatic carbocycles. The number of hydrogen-bond acceptors (Lipinski definition) is 4. The highest BCUT2D eigenvalue weighted by molar-refractivity contribution is 5.97. The first-order valence-electron chi connectivity index (χ1n) is 6.14. The van der Waals surface area contributed by atoms with Crippen molar-refractivity contribution in [3.63, 3.8) is 0 Å². The van der Waals surface area contributed by atoms with Gasteiger partial charge in [-0.1, -0.05) is 6.07 Å². The molecule has 5 nitrogen and oxygen atoms in total. The predicted molar refractivity (Wildman–Crippen MR) is 68.7 cm³/mol. The molecular weight excluding hydrogens is 232 g/mol. The number of morpholine rings is 1. The molecule has 1 saturated heterocycles. The van der Waals surface area contributed by atoms with Crippen LogP contribution in [-0.4, -0.2) is 43.4 Å². The quantitative estimate of drug-likeness (QED) is 0.830. The lowest BCUT2D eigenvalue weighted by Crippen LogP contribution is -2.52. The number of ether oxygens (including phenoxy) is 1. The first-order chi connectivity index (χ1) is 8.72. The summed E-state index contributed by atoms with van der Waals surface area (Å²) in [4.78, 5) is 14.0. The number of phenolic OH excluding ortho intramolecular Hbond substituents is 1. The number of anilines is 1. The smallest absolute Gasteiger partial charge is 0.246 e. The molecule has 0 saturated carbocycles. The van der Waals surface area contributed by atoms with E-state index < -0.39 is 0 Å². The van der Waals surface area contributed by atoms with Crippen molar-refractivity contribution in [3.8, 4) is 5.75 Å². The topological polar surface area (TPSA) is 61.8 Å². The number of carbonyl (C=O) groups excluding carboxylic acids is 1. The van der Waals surface area contributed by atoms with Crippen LogP contribution in [0, 0.1) is 0 Å². The summed E-state index contributed by atoms with van der Waals surface area (Å²) in [5, 5.41) is 12.6. The minimum absolute atomic E-state index is 0.0252. The lowest BCUT2D eigenvalue weighted by molar-refractivity contribution is -0.123. The molecule has 1 aliphatic heterocycles. The van der Waals surface area contributed by atoms with Crippen LogP contribution in [0.25, 0.3) is 0 Å². The van der Waals surface area contributed by atoms with Crippen LogP contribution in [0.5, 0.6) is 5.75 Å². The van der Waals surface area contributed by atoms with Gasteiger partial charge >= 0.3 is 0 Å². The third-order valence-corrected chi connectivity index (χ3v) is 2.94. The summed E-state index contributed by atoms with van der Waals surface area (Å²) in [6.07, 6.45) is 0. The van der Waals surface area contributed by atoms with E-state index in [0.29, 0.717) is 32.0 Å². The van der Waals surface area contributed by atoms with Gasteiger partial charge in [-0.15, -0.1) is 0 Å². The van der Waals surface area contributed by atoms with Gasteiger partial charge in [0.15, 0.2) is 0 Å². The maximum Gasteiger partial charge on any atom is 0.246 e. The Morgan fingerprint density at radius 3 is 3.06 bits per heavy atom. The van der Waals surface area contributed by atoms with E-state index in [2.05, 4.69) is 5.32 Å². The van der Waals surface area contributed by atoms with Crippen LogP contribution >= 0.6 is 0 Å². The van der Waals surface area contributed by atoms with Gasteiger partial charge in [-0.25, -0.2) is 0 Å². The van der Waals surface area contributed by atoms with Gasteiger partial charge in [0.2, 0.25) is 5.91 Å². The molecule has 5 heteroatoms. The number of benzene rings is 1. The second kappa shape index (κ2) is 5.84. The number of aromatic hydroxyl groups is 1. The molecule has 2 N–H and O–H groups in total. The van der Waals surface area contributed by atoms with E-state index >= 15 is 0 Å². The number of amides is 1. The van der Waals surface area contributed by atoms with Crippen LogP contribution in [0.1, 0.15) is 6.92 Å². The van der Waals surface area contributed by atoms with Crippen molar-refractivity contribution in [2.24, 2.45) is 0 Å². The Morgan fingerprint density at radius 1 is 1.61 bits per heavy atom. The fourth-order valence-electron chi connectivity index (χ4n) is 2.04. The summed E-state index contributed by atoms with van der Waals surface area (Å²) in [5.41, 5.74) is 0.704. The largest absolute Gasteiger partial charge is 0.508 e. The Labute approximate surface area is 106 Å². The lowest BCUT2D eigenvalue weighted by Gasteiger charge is -2.29. The van der Waals surface area contributed by atoms with Crippen LogP contribution in [0.3, 0.4) is 0 Å². The number of hydrogen-bond donors (Lipinski definition) is 2. The summed E-state index contributed by atoms with van der Waals surface area (Å²) >= 11 is 0. The predicted octanol–water partition coefficient (Wildman–Crippen LogP) is 0.733. The molecule has 1 unspecified atom stereocenters. The van der Waals surface area contributed by atoms with Gasteiger partial charge in [-0.2, -0.15) is 0 Å². The minimum Gasteiger partial charge on any atom is -0.508 e. The van der Waals surface area contributed by atoms with Crippen molar-refractivity contribution >= 4 is 11.6 Å².